The highest BCUT2D eigenvalue weighted by Gasteiger charge is 2.27. The minimum atomic E-state index is 0.467. The summed E-state index contributed by atoms with van der Waals surface area (Å²) in [6.07, 6.45) is 2.42. The molecular weight excluding hydrogens is 350 g/mol. The van der Waals surface area contributed by atoms with Gasteiger partial charge in [0.15, 0.2) is 0 Å². The quantitative estimate of drug-likeness (QED) is 0.794. The van der Waals surface area contributed by atoms with Crippen LogP contribution in [0.5, 0.6) is 0 Å². The molecule has 3 heterocycles. The largest absolute Gasteiger partial charge is 0.379 e. The van der Waals surface area contributed by atoms with Crippen LogP contribution in [0.25, 0.3) is 0 Å². The van der Waals surface area contributed by atoms with Gasteiger partial charge in [-0.05, 0) is 49.9 Å². The average molecular weight is 384 g/mol. The fourth-order valence-corrected chi connectivity index (χ4v) is 4.56. The molecular formula is C22H33N5O. The number of hydrogen-bond acceptors (Lipinski definition) is 5. The third-order valence-electron chi connectivity index (χ3n) is 6.36. The van der Waals surface area contributed by atoms with E-state index in [1.54, 1.807) is 0 Å². The van der Waals surface area contributed by atoms with Crippen molar-refractivity contribution >= 4 is 0 Å². The zero-order valence-corrected chi connectivity index (χ0v) is 17.5. The van der Waals surface area contributed by atoms with Gasteiger partial charge in [0.05, 0.1) is 19.8 Å². The van der Waals surface area contributed by atoms with Gasteiger partial charge >= 0.3 is 0 Å². The lowest BCUT2D eigenvalue weighted by Gasteiger charge is -2.33. The van der Waals surface area contributed by atoms with Crippen LogP contribution in [0.15, 0.2) is 18.2 Å². The third-order valence-corrected chi connectivity index (χ3v) is 6.36. The first-order valence-electron chi connectivity index (χ1n) is 10.6. The number of likely N-dealkylation sites (tertiary alicyclic amines) is 1. The molecule has 4 rings (SSSR count). The van der Waals surface area contributed by atoms with Crippen molar-refractivity contribution in [3.8, 4) is 0 Å². The van der Waals surface area contributed by atoms with E-state index in [0.717, 1.165) is 57.6 Å². The van der Waals surface area contributed by atoms with E-state index in [1.807, 2.05) is 0 Å². The van der Waals surface area contributed by atoms with Crippen LogP contribution in [0, 0.1) is 13.8 Å². The summed E-state index contributed by atoms with van der Waals surface area (Å²) in [5.41, 5.74) is 4.27. The van der Waals surface area contributed by atoms with Crippen molar-refractivity contribution in [1.82, 2.24) is 24.6 Å². The van der Waals surface area contributed by atoms with Crippen LogP contribution in [-0.4, -0.2) is 64.0 Å². The maximum absolute atomic E-state index is 5.46. The SMILES string of the molecule is Cc1cccc(C)c1CN1CCC[C@H](c2nnc(CN3CCOCC3)n2C)C1. The summed E-state index contributed by atoms with van der Waals surface area (Å²) in [5.74, 6) is 2.69. The lowest BCUT2D eigenvalue weighted by atomic mass is 9.95. The minimum Gasteiger partial charge on any atom is -0.379 e. The molecule has 0 bridgehead atoms. The van der Waals surface area contributed by atoms with Gasteiger partial charge in [-0.15, -0.1) is 10.2 Å². The predicted octanol–water partition coefficient (Wildman–Crippen LogP) is 2.64. The zero-order valence-electron chi connectivity index (χ0n) is 17.5. The van der Waals surface area contributed by atoms with Gasteiger partial charge in [0.25, 0.3) is 0 Å². The Morgan fingerprint density at radius 2 is 1.75 bits per heavy atom. The highest BCUT2D eigenvalue weighted by atomic mass is 16.5. The summed E-state index contributed by atoms with van der Waals surface area (Å²) in [7, 11) is 2.13. The highest BCUT2D eigenvalue weighted by molar-refractivity contribution is 5.33. The topological polar surface area (TPSA) is 46.4 Å². The van der Waals surface area contributed by atoms with Crippen LogP contribution in [0.4, 0.5) is 0 Å². The fraction of sp³-hybridized carbons (Fsp3) is 0.636. The molecule has 0 aliphatic carbocycles. The number of ether oxygens (including phenoxy) is 1. The second-order valence-corrected chi connectivity index (χ2v) is 8.37. The van der Waals surface area contributed by atoms with Gasteiger partial charge in [-0.2, -0.15) is 0 Å². The molecule has 1 aromatic carbocycles. The minimum absolute atomic E-state index is 0.467. The molecule has 0 radical (unpaired) electrons. The number of benzene rings is 1. The first kappa shape index (κ1) is 19.6. The monoisotopic (exact) mass is 383 g/mol. The molecule has 0 saturated carbocycles. The Hall–Kier alpha value is -1.76. The molecule has 2 aliphatic heterocycles. The molecule has 6 nitrogen and oxygen atoms in total. The van der Waals surface area contributed by atoms with Gasteiger partial charge in [-0.1, -0.05) is 18.2 Å². The van der Waals surface area contributed by atoms with E-state index in [9.17, 15) is 0 Å². The van der Waals surface area contributed by atoms with Crippen molar-refractivity contribution in [1.29, 1.82) is 0 Å². The fourth-order valence-electron chi connectivity index (χ4n) is 4.56. The number of hydrogen-bond donors (Lipinski definition) is 0. The maximum Gasteiger partial charge on any atom is 0.146 e. The van der Waals surface area contributed by atoms with E-state index in [4.69, 9.17) is 4.74 Å². The molecule has 2 aliphatic rings. The maximum atomic E-state index is 5.46. The predicted molar refractivity (Wildman–Crippen MR) is 110 cm³/mol. The van der Waals surface area contributed by atoms with E-state index in [0.29, 0.717) is 5.92 Å². The summed E-state index contributed by atoms with van der Waals surface area (Å²) < 4.78 is 7.69. The summed E-state index contributed by atoms with van der Waals surface area (Å²) in [6.45, 7) is 12.2. The van der Waals surface area contributed by atoms with E-state index in [-0.39, 0.29) is 0 Å². The summed E-state index contributed by atoms with van der Waals surface area (Å²) in [4.78, 5) is 5.01. The molecule has 2 aromatic rings. The van der Waals surface area contributed by atoms with Crippen molar-refractivity contribution in [3.05, 3.63) is 46.5 Å². The number of aryl methyl sites for hydroxylation is 2. The van der Waals surface area contributed by atoms with Crippen molar-refractivity contribution in [2.24, 2.45) is 7.05 Å². The first-order valence-corrected chi connectivity index (χ1v) is 10.6. The summed E-state index contributed by atoms with van der Waals surface area (Å²) >= 11 is 0. The van der Waals surface area contributed by atoms with Gasteiger partial charge in [0.1, 0.15) is 11.6 Å². The van der Waals surface area contributed by atoms with Crippen molar-refractivity contribution < 1.29 is 4.74 Å². The number of aromatic nitrogens is 3. The van der Waals surface area contributed by atoms with Crippen LogP contribution in [-0.2, 0) is 24.9 Å². The third kappa shape index (κ3) is 4.29. The van der Waals surface area contributed by atoms with Crippen LogP contribution in [0.2, 0.25) is 0 Å². The van der Waals surface area contributed by atoms with Crippen molar-refractivity contribution in [3.63, 3.8) is 0 Å². The van der Waals surface area contributed by atoms with Crippen LogP contribution >= 0.6 is 0 Å². The molecule has 6 heteroatoms. The zero-order chi connectivity index (χ0) is 19.5. The molecule has 0 N–H and O–H groups in total. The summed E-state index contributed by atoms with van der Waals surface area (Å²) in [5, 5.41) is 9.14. The highest BCUT2D eigenvalue weighted by Crippen LogP contribution is 2.28. The molecule has 2 fully saturated rings. The van der Waals surface area contributed by atoms with Crippen LogP contribution < -0.4 is 0 Å². The Labute approximate surface area is 168 Å². The number of piperidine rings is 1. The standard InChI is InChI=1S/C22H33N5O/c1-17-6-4-7-18(2)20(17)15-27-9-5-8-19(14-27)22-24-23-21(25(22)3)16-26-10-12-28-13-11-26/h4,6-7,19H,5,8-16H2,1-3H3/t19-/m0/s1. The Morgan fingerprint density at radius 3 is 2.50 bits per heavy atom. The Morgan fingerprint density at radius 1 is 1.00 bits per heavy atom. The molecule has 28 heavy (non-hydrogen) atoms. The number of morpholine rings is 1. The van der Waals surface area contributed by atoms with E-state index in [1.165, 1.54) is 36.1 Å². The molecule has 0 amide bonds. The number of rotatable bonds is 5. The molecule has 0 unspecified atom stereocenters. The van der Waals surface area contributed by atoms with E-state index in [2.05, 4.69) is 63.7 Å². The van der Waals surface area contributed by atoms with Gasteiger partial charge < -0.3 is 9.30 Å². The summed E-state index contributed by atoms with van der Waals surface area (Å²) in [6, 6.07) is 6.61. The molecule has 1 aromatic heterocycles. The Kier molecular flexibility index (Phi) is 6.09. The van der Waals surface area contributed by atoms with E-state index >= 15 is 0 Å². The van der Waals surface area contributed by atoms with Gasteiger partial charge in [-0.3, -0.25) is 9.80 Å². The number of nitrogens with zero attached hydrogens (tertiary/aromatic N) is 5. The van der Waals surface area contributed by atoms with Crippen molar-refractivity contribution in [2.75, 3.05) is 39.4 Å². The molecule has 2 saturated heterocycles. The second-order valence-electron chi connectivity index (χ2n) is 8.37. The molecule has 1 atom stereocenters. The average Bonchev–Trinajstić information content (AvgIpc) is 3.06. The van der Waals surface area contributed by atoms with Gasteiger partial charge in [0, 0.05) is 39.1 Å². The lowest BCUT2D eigenvalue weighted by molar-refractivity contribution is 0.0326. The lowest BCUT2D eigenvalue weighted by Crippen LogP contribution is -2.37. The molecule has 152 valence electrons. The molecule has 0 spiro atoms. The second kappa shape index (κ2) is 8.72. The van der Waals surface area contributed by atoms with E-state index < -0.39 is 0 Å². The first-order chi connectivity index (χ1) is 13.6. The normalized spacial score (nSPS) is 21.9. The Bertz CT molecular complexity index is 776. The van der Waals surface area contributed by atoms with Crippen molar-refractivity contribution in [2.45, 2.75) is 45.7 Å². The smallest absolute Gasteiger partial charge is 0.146 e. The van der Waals surface area contributed by atoms with Gasteiger partial charge in [0.2, 0.25) is 0 Å². The van der Waals surface area contributed by atoms with Gasteiger partial charge in [-0.25, -0.2) is 0 Å². The Balaban J connectivity index is 1.43. The van der Waals surface area contributed by atoms with Crippen LogP contribution in [0.3, 0.4) is 0 Å². The van der Waals surface area contributed by atoms with Crippen LogP contribution in [0.1, 0.15) is 47.1 Å².